The molecule has 1 aliphatic carbocycles. The lowest BCUT2D eigenvalue weighted by atomic mass is 9.91. The Morgan fingerprint density at radius 3 is 2.76 bits per heavy atom. The number of hydrogen-bond acceptors (Lipinski definition) is 4. The van der Waals surface area contributed by atoms with Crippen LogP contribution < -0.4 is 4.74 Å². The van der Waals surface area contributed by atoms with E-state index in [1.54, 1.807) is 12.1 Å². The van der Waals surface area contributed by atoms with E-state index >= 15 is 0 Å². The number of para-hydroxylation sites is 1. The van der Waals surface area contributed by atoms with E-state index in [9.17, 15) is 15.0 Å². The molecule has 4 atom stereocenters. The minimum Gasteiger partial charge on any atom is -0.508 e. The Morgan fingerprint density at radius 2 is 2.03 bits per heavy atom. The maximum atomic E-state index is 10.9. The van der Waals surface area contributed by atoms with Crippen LogP contribution in [0.25, 0.3) is 0 Å². The summed E-state index contributed by atoms with van der Waals surface area (Å²) in [5.74, 6) is 0.186. The molecule has 0 unspecified atom stereocenters. The second-order valence-corrected chi connectivity index (χ2v) is 7.76. The monoisotopic (exact) mass is 392 g/mol. The molecule has 0 radical (unpaired) electrons. The summed E-state index contributed by atoms with van der Waals surface area (Å²) in [6.07, 6.45) is 2.17. The van der Waals surface area contributed by atoms with E-state index in [1.165, 1.54) is 0 Å². The van der Waals surface area contributed by atoms with Gasteiger partial charge < -0.3 is 20.1 Å². The van der Waals surface area contributed by atoms with Crippen LogP contribution in [-0.2, 0) is 11.2 Å². The molecule has 150 valence electrons. The summed E-state index contributed by atoms with van der Waals surface area (Å²) in [5, 5.41) is 29.0. The van der Waals surface area contributed by atoms with Crippen molar-refractivity contribution in [2.24, 2.45) is 0 Å². The third-order valence-electron chi connectivity index (χ3n) is 5.78. The lowest BCUT2D eigenvalue weighted by Gasteiger charge is -2.12. The summed E-state index contributed by atoms with van der Waals surface area (Å²) < 4.78 is 6.14. The second kappa shape index (κ2) is 7.78. The van der Waals surface area contributed by atoms with Gasteiger partial charge >= 0.3 is 5.97 Å². The predicted octanol–water partition coefficient (Wildman–Crippen LogP) is 3.90. The minimum absolute atomic E-state index is 0.0600. The Kier molecular flexibility index (Phi) is 5.18. The Labute approximate surface area is 169 Å². The first-order valence-electron chi connectivity index (χ1n) is 9.88. The van der Waals surface area contributed by atoms with Crippen LogP contribution in [0.5, 0.6) is 11.5 Å². The van der Waals surface area contributed by atoms with Crippen LogP contribution >= 0.6 is 0 Å². The number of aryl methyl sites for hydroxylation is 1. The molecular formula is C24H24O5. The standard InChI is InChI=1S/C24H24O5/c1-14(15-6-9-17(25)10-7-15)5-11-18-20(26)13-21-23(18)19-4-2-3-16(24(19)29-21)8-12-22(27)28/h2-7,9-10,14,20-21,23,25-26H,8,12-13H2,1H3,(H,27,28)/t11?,14-,20+,21-,23-/m0/s1. The zero-order valence-electron chi connectivity index (χ0n) is 16.2. The Morgan fingerprint density at radius 1 is 1.28 bits per heavy atom. The number of carbonyl (C=O) groups is 1. The molecule has 5 heteroatoms. The van der Waals surface area contributed by atoms with Gasteiger partial charge in [-0.05, 0) is 35.8 Å². The van der Waals surface area contributed by atoms with E-state index < -0.39 is 12.1 Å². The fourth-order valence-corrected chi connectivity index (χ4v) is 4.24. The van der Waals surface area contributed by atoms with Crippen LogP contribution in [0.3, 0.4) is 0 Å². The highest BCUT2D eigenvalue weighted by Crippen LogP contribution is 2.51. The lowest BCUT2D eigenvalue weighted by molar-refractivity contribution is -0.136. The Bertz CT molecular complexity index is 985. The molecule has 2 aliphatic rings. The van der Waals surface area contributed by atoms with Crippen molar-refractivity contribution in [3.8, 4) is 11.5 Å². The third kappa shape index (κ3) is 3.80. The van der Waals surface area contributed by atoms with Crippen molar-refractivity contribution < 1.29 is 24.9 Å². The van der Waals surface area contributed by atoms with Gasteiger partial charge in [0.15, 0.2) is 0 Å². The number of phenols is 1. The van der Waals surface area contributed by atoms with Crippen LogP contribution in [0.4, 0.5) is 0 Å². The van der Waals surface area contributed by atoms with Gasteiger partial charge in [0.25, 0.3) is 0 Å². The summed E-state index contributed by atoms with van der Waals surface area (Å²) in [4.78, 5) is 10.9. The number of fused-ring (bicyclic) bond motifs is 3. The van der Waals surface area contributed by atoms with Crippen molar-refractivity contribution in [1.82, 2.24) is 0 Å². The number of rotatable bonds is 5. The molecule has 29 heavy (non-hydrogen) atoms. The highest BCUT2D eigenvalue weighted by Gasteiger charge is 2.46. The average molecular weight is 392 g/mol. The fourth-order valence-electron chi connectivity index (χ4n) is 4.24. The number of aliphatic carboxylic acids is 1. The predicted molar refractivity (Wildman–Crippen MR) is 108 cm³/mol. The highest BCUT2D eigenvalue weighted by molar-refractivity contribution is 5.67. The van der Waals surface area contributed by atoms with E-state index in [0.29, 0.717) is 12.8 Å². The minimum atomic E-state index is -0.831. The maximum absolute atomic E-state index is 10.9. The molecule has 1 fully saturated rings. The summed E-state index contributed by atoms with van der Waals surface area (Å²) in [7, 11) is 0. The van der Waals surface area contributed by atoms with Crippen LogP contribution in [0.2, 0.25) is 0 Å². The lowest BCUT2D eigenvalue weighted by Crippen LogP contribution is -2.13. The van der Waals surface area contributed by atoms with E-state index in [2.05, 4.69) is 5.73 Å². The molecule has 1 aliphatic heterocycles. The third-order valence-corrected chi connectivity index (χ3v) is 5.78. The van der Waals surface area contributed by atoms with Gasteiger partial charge in [-0.1, -0.05) is 37.3 Å². The van der Waals surface area contributed by atoms with Crippen LogP contribution in [0.1, 0.15) is 48.3 Å². The van der Waals surface area contributed by atoms with Crippen molar-refractivity contribution in [3.05, 3.63) is 76.5 Å². The topological polar surface area (TPSA) is 87.0 Å². The molecule has 0 spiro atoms. The Balaban J connectivity index is 1.64. The largest absolute Gasteiger partial charge is 0.508 e. The van der Waals surface area contributed by atoms with Gasteiger partial charge in [-0.2, -0.15) is 0 Å². The Hall–Kier alpha value is -3.01. The van der Waals surface area contributed by atoms with E-state index in [0.717, 1.165) is 28.0 Å². The number of hydrogen-bond donors (Lipinski definition) is 3. The SMILES string of the molecule is C[C@@H](C=C=C1[C@H](O)C[C@@H]2Oc3c(CCC(=O)O)cccc3[C@H]12)c1ccc(O)cc1. The van der Waals surface area contributed by atoms with Gasteiger partial charge in [-0.15, -0.1) is 5.73 Å². The maximum Gasteiger partial charge on any atom is 0.303 e. The quantitative estimate of drug-likeness (QED) is 0.672. The number of carboxylic acids is 1. The fraction of sp³-hybridized carbons (Fsp3) is 0.333. The van der Waals surface area contributed by atoms with Crippen molar-refractivity contribution in [3.63, 3.8) is 0 Å². The first-order chi connectivity index (χ1) is 13.9. The van der Waals surface area contributed by atoms with E-state index in [-0.39, 0.29) is 30.1 Å². The molecule has 3 N–H and O–H groups in total. The van der Waals surface area contributed by atoms with E-state index in [1.807, 2.05) is 43.3 Å². The smallest absolute Gasteiger partial charge is 0.303 e. The number of aliphatic hydroxyl groups is 1. The molecule has 2 aromatic carbocycles. The summed E-state index contributed by atoms with van der Waals surface area (Å²) in [6, 6.07) is 12.9. The first-order valence-corrected chi connectivity index (χ1v) is 9.88. The first kappa shape index (κ1) is 19.3. The van der Waals surface area contributed by atoms with Gasteiger partial charge in [-0.25, -0.2) is 0 Å². The number of phenolic OH excluding ortho intramolecular Hbond substituents is 1. The van der Waals surface area contributed by atoms with Crippen molar-refractivity contribution in [2.45, 2.75) is 50.2 Å². The highest BCUT2D eigenvalue weighted by atomic mass is 16.5. The van der Waals surface area contributed by atoms with Gasteiger partial charge in [0.2, 0.25) is 0 Å². The van der Waals surface area contributed by atoms with Crippen molar-refractivity contribution >= 4 is 5.97 Å². The number of ether oxygens (including phenoxy) is 1. The molecular weight excluding hydrogens is 368 g/mol. The molecule has 5 nitrogen and oxygen atoms in total. The molecule has 0 amide bonds. The number of carboxylic acid groups (broad SMARTS) is 1. The van der Waals surface area contributed by atoms with Gasteiger partial charge in [0, 0.05) is 29.9 Å². The molecule has 1 saturated carbocycles. The zero-order chi connectivity index (χ0) is 20.5. The summed E-state index contributed by atoms with van der Waals surface area (Å²) in [5.41, 5.74) is 7.10. The van der Waals surface area contributed by atoms with Crippen molar-refractivity contribution in [2.75, 3.05) is 0 Å². The van der Waals surface area contributed by atoms with Crippen LogP contribution in [-0.4, -0.2) is 33.5 Å². The van der Waals surface area contributed by atoms with Crippen LogP contribution in [0, 0.1) is 0 Å². The molecule has 1 heterocycles. The summed E-state index contributed by atoms with van der Waals surface area (Å²) >= 11 is 0. The van der Waals surface area contributed by atoms with Gasteiger partial charge in [-0.3, -0.25) is 4.79 Å². The van der Waals surface area contributed by atoms with E-state index in [4.69, 9.17) is 9.84 Å². The number of aliphatic hydroxyl groups excluding tert-OH is 1. The van der Waals surface area contributed by atoms with Crippen molar-refractivity contribution in [1.29, 1.82) is 0 Å². The number of aromatic hydroxyl groups is 1. The molecule has 0 saturated heterocycles. The summed E-state index contributed by atoms with van der Waals surface area (Å²) in [6.45, 7) is 2.04. The molecule has 0 bridgehead atoms. The second-order valence-electron chi connectivity index (χ2n) is 7.76. The number of benzene rings is 2. The normalized spacial score (nSPS) is 23.0. The van der Waals surface area contributed by atoms with Gasteiger partial charge in [0.1, 0.15) is 17.6 Å². The molecule has 2 aromatic rings. The van der Waals surface area contributed by atoms with Crippen LogP contribution in [0.15, 0.2) is 59.8 Å². The van der Waals surface area contributed by atoms with Gasteiger partial charge in [0.05, 0.1) is 12.0 Å². The molecule has 4 rings (SSSR count). The molecule has 0 aromatic heterocycles. The zero-order valence-corrected chi connectivity index (χ0v) is 16.2. The average Bonchev–Trinajstić information content (AvgIpc) is 3.20.